The molecule has 2 nitrogen and oxygen atoms in total. The molecule has 1 aromatic carbocycles. The molecule has 0 radical (unpaired) electrons. The highest BCUT2D eigenvalue weighted by molar-refractivity contribution is 5.62. The number of hydrogen-bond donors (Lipinski definition) is 1. The summed E-state index contributed by atoms with van der Waals surface area (Å²) in [6, 6.07) is 7.37. The number of nitrogens with two attached hydrogens (primary N) is 1. The summed E-state index contributed by atoms with van der Waals surface area (Å²) in [5.74, 6) is 0.695. The number of nitrogens with zero attached hydrogens (tertiary/aromatic N) is 1. The van der Waals surface area contributed by atoms with Crippen LogP contribution in [0.1, 0.15) is 24.0 Å². The van der Waals surface area contributed by atoms with Crippen LogP contribution in [0.2, 0.25) is 0 Å². The van der Waals surface area contributed by atoms with Crippen LogP contribution in [0.25, 0.3) is 0 Å². The van der Waals surface area contributed by atoms with Crippen LogP contribution in [-0.4, -0.2) is 19.1 Å². The van der Waals surface area contributed by atoms with Gasteiger partial charge >= 0.3 is 0 Å². The Morgan fingerprint density at radius 2 is 2.31 bits per heavy atom. The number of hydrogen-bond acceptors (Lipinski definition) is 2. The van der Waals surface area contributed by atoms with E-state index in [9.17, 15) is 0 Å². The Balaban J connectivity index is 1.99. The van der Waals surface area contributed by atoms with Gasteiger partial charge in [-0.2, -0.15) is 0 Å². The third-order valence-corrected chi connectivity index (χ3v) is 4.33. The molecule has 2 aliphatic rings. The summed E-state index contributed by atoms with van der Waals surface area (Å²) in [6.07, 6.45) is 3.82. The maximum absolute atomic E-state index is 5.91. The van der Waals surface area contributed by atoms with Crippen molar-refractivity contribution in [2.75, 3.05) is 18.0 Å². The van der Waals surface area contributed by atoms with Crippen LogP contribution in [0.3, 0.4) is 0 Å². The maximum Gasteiger partial charge on any atom is 0.0404 e. The minimum Gasteiger partial charge on any atom is -0.368 e. The minimum atomic E-state index is 0.676. The zero-order chi connectivity index (χ0) is 11.1. The van der Waals surface area contributed by atoms with Gasteiger partial charge in [-0.05, 0) is 55.8 Å². The topological polar surface area (TPSA) is 29.3 Å². The van der Waals surface area contributed by atoms with E-state index in [0.29, 0.717) is 12.0 Å². The third-order valence-electron chi connectivity index (χ3n) is 4.33. The second kappa shape index (κ2) is 3.77. The second-order valence-electron chi connectivity index (χ2n) is 5.18. The zero-order valence-corrected chi connectivity index (χ0v) is 9.95. The van der Waals surface area contributed by atoms with Crippen LogP contribution < -0.4 is 10.6 Å². The summed E-state index contributed by atoms with van der Waals surface area (Å²) in [5.41, 5.74) is 10.4. The van der Waals surface area contributed by atoms with E-state index in [1.165, 1.54) is 37.1 Å². The smallest absolute Gasteiger partial charge is 0.0404 e. The van der Waals surface area contributed by atoms with Gasteiger partial charge in [-0.25, -0.2) is 0 Å². The summed E-state index contributed by atoms with van der Waals surface area (Å²) in [6.45, 7) is 4.29. The van der Waals surface area contributed by atoms with E-state index in [4.69, 9.17) is 5.73 Å². The maximum atomic E-state index is 5.91. The molecule has 16 heavy (non-hydrogen) atoms. The highest BCUT2D eigenvalue weighted by atomic mass is 15.2. The summed E-state index contributed by atoms with van der Waals surface area (Å²) in [5, 5.41) is 0. The quantitative estimate of drug-likeness (QED) is 0.779. The van der Waals surface area contributed by atoms with Gasteiger partial charge in [0.05, 0.1) is 0 Å². The molecule has 2 aliphatic heterocycles. The first-order valence-corrected chi connectivity index (χ1v) is 6.36. The van der Waals surface area contributed by atoms with Crippen molar-refractivity contribution in [1.82, 2.24) is 0 Å². The molecule has 0 bridgehead atoms. The Hall–Kier alpha value is -1.02. The summed E-state index contributed by atoms with van der Waals surface area (Å²) in [7, 11) is 0. The van der Waals surface area contributed by atoms with Crippen molar-refractivity contribution in [1.29, 1.82) is 0 Å². The lowest BCUT2D eigenvalue weighted by Crippen LogP contribution is -2.45. The van der Waals surface area contributed by atoms with E-state index >= 15 is 0 Å². The number of anilines is 1. The number of fused-ring (bicyclic) bond motifs is 3. The minimum absolute atomic E-state index is 0.676. The molecule has 1 saturated heterocycles. The standard InChI is InChI=1S/C14H20N2/c1-10-4-2-6-13-12(10)8-14-11(9-15)5-3-7-16(13)14/h2,4,6,11,14H,3,5,7-9,15H2,1H3. The van der Waals surface area contributed by atoms with Crippen LogP contribution in [0.4, 0.5) is 5.69 Å². The van der Waals surface area contributed by atoms with Gasteiger partial charge in [-0.15, -0.1) is 0 Å². The molecule has 2 atom stereocenters. The Kier molecular flexibility index (Phi) is 2.40. The molecule has 0 spiro atoms. The number of rotatable bonds is 1. The highest BCUT2D eigenvalue weighted by Crippen LogP contribution is 2.40. The molecule has 0 aromatic heterocycles. The van der Waals surface area contributed by atoms with E-state index < -0.39 is 0 Å². The van der Waals surface area contributed by atoms with Gasteiger partial charge in [-0.3, -0.25) is 0 Å². The Morgan fingerprint density at radius 3 is 3.12 bits per heavy atom. The van der Waals surface area contributed by atoms with Crippen LogP contribution in [0.15, 0.2) is 18.2 Å². The van der Waals surface area contributed by atoms with E-state index in [2.05, 4.69) is 30.0 Å². The van der Waals surface area contributed by atoms with Gasteiger partial charge < -0.3 is 10.6 Å². The molecule has 3 rings (SSSR count). The monoisotopic (exact) mass is 216 g/mol. The fourth-order valence-corrected chi connectivity index (χ4v) is 3.42. The molecular formula is C14H20N2. The zero-order valence-electron chi connectivity index (χ0n) is 9.95. The fraction of sp³-hybridized carbons (Fsp3) is 0.571. The molecular weight excluding hydrogens is 196 g/mol. The van der Waals surface area contributed by atoms with E-state index in [-0.39, 0.29) is 0 Å². The number of benzene rings is 1. The summed E-state index contributed by atoms with van der Waals surface area (Å²) in [4.78, 5) is 2.60. The molecule has 86 valence electrons. The molecule has 1 fully saturated rings. The first-order chi connectivity index (χ1) is 7.81. The van der Waals surface area contributed by atoms with Gasteiger partial charge in [-0.1, -0.05) is 12.1 Å². The fourth-order valence-electron chi connectivity index (χ4n) is 3.42. The van der Waals surface area contributed by atoms with Crippen molar-refractivity contribution >= 4 is 5.69 Å². The van der Waals surface area contributed by atoms with Crippen LogP contribution >= 0.6 is 0 Å². The average molecular weight is 216 g/mol. The van der Waals surface area contributed by atoms with E-state index in [1.54, 1.807) is 5.56 Å². The highest BCUT2D eigenvalue weighted by Gasteiger charge is 2.37. The van der Waals surface area contributed by atoms with Gasteiger partial charge in [0.2, 0.25) is 0 Å². The largest absolute Gasteiger partial charge is 0.368 e. The molecule has 2 heteroatoms. The Morgan fingerprint density at radius 1 is 1.44 bits per heavy atom. The first-order valence-electron chi connectivity index (χ1n) is 6.36. The predicted molar refractivity (Wildman–Crippen MR) is 67.8 cm³/mol. The number of piperidine rings is 1. The lowest BCUT2D eigenvalue weighted by Gasteiger charge is -2.38. The Labute approximate surface area is 97.4 Å². The predicted octanol–water partition coefficient (Wildman–Crippen LogP) is 2.09. The summed E-state index contributed by atoms with van der Waals surface area (Å²) < 4.78 is 0. The van der Waals surface area contributed by atoms with Gasteiger partial charge in [0, 0.05) is 18.3 Å². The van der Waals surface area contributed by atoms with E-state index in [0.717, 1.165) is 6.54 Å². The lowest BCUT2D eigenvalue weighted by molar-refractivity contribution is 0.339. The van der Waals surface area contributed by atoms with Crippen LogP contribution in [-0.2, 0) is 6.42 Å². The second-order valence-corrected chi connectivity index (χ2v) is 5.18. The van der Waals surface area contributed by atoms with Crippen molar-refractivity contribution in [3.05, 3.63) is 29.3 Å². The molecule has 2 unspecified atom stereocenters. The van der Waals surface area contributed by atoms with Crippen LogP contribution in [0.5, 0.6) is 0 Å². The van der Waals surface area contributed by atoms with Crippen molar-refractivity contribution in [3.63, 3.8) is 0 Å². The van der Waals surface area contributed by atoms with Crippen molar-refractivity contribution in [2.45, 2.75) is 32.2 Å². The average Bonchev–Trinajstić information content (AvgIpc) is 2.69. The van der Waals surface area contributed by atoms with Crippen molar-refractivity contribution in [2.24, 2.45) is 11.7 Å². The number of aryl methyl sites for hydroxylation is 1. The molecule has 2 N–H and O–H groups in total. The SMILES string of the molecule is Cc1cccc2c1CC1C(CN)CCCN21. The lowest BCUT2D eigenvalue weighted by atomic mass is 9.88. The van der Waals surface area contributed by atoms with Gasteiger partial charge in [0.15, 0.2) is 0 Å². The Bertz CT molecular complexity index is 400. The van der Waals surface area contributed by atoms with Crippen LogP contribution in [0, 0.1) is 12.8 Å². The van der Waals surface area contributed by atoms with E-state index in [1.807, 2.05) is 0 Å². The summed E-state index contributed by atoms with van der Waals surface area (Å²) >= 11 is 0. The first kappa shape index (κ1) is 10.2. The molecule has 2 heterocycles. The van der Waals surface area contributed by atoms with Crippen molar-refractivity contribution < 1.29 is 0 Å². The van der Waals surface area contributed by atoms with Gasteiger partial charge in [0.1, 0.15) is 0 Å². The molecule has 0 amide bonds. The molecule has 0 saturated carbocycles. The molecule has 1 aromatic rings. The van der Waals surface area contributed by atoms with Crippen molar-refractivity contribution in [3.8, 4) is 0 Å². The third kappa shape index (κ3) is 1.36. The normalized spacial score (nSPS) is 27.8. The van der Waals surface area contributed by atoms with Gasteiger partial charge in [0.25, 0.3) is 0 Å². The molecule has 0 aliphatic carbocycles.